The van der Waals surface area contributed by atoms with Crippen LogP contribution in [0.25, 0.3) is 0 Å². The fourth-order valence-electron chi connectivity index (χ4n) is 2.66. The number of benzene rings is 3. The van der Waals surface area contributed by atoms with Crippen LogP contribution in [0, 0.1) is 0 Å². The number of rotatable bonds is 7. The molecule has 8 heteroatoms. The van der Waals surface area contributed by atoms with Crippen molar-refractivity contribution in [1.29, 1.82) is 0 Å². The second kappa shape index (κ2) is 11.1. The highest BCUT2D eigenvalue weighted by molar-refractivity contribution is 6.39. The lowest BCUT2D eigenvalue weighted by molar-refractivity contribution is -0.136. The number of para-hydroxylation sites is 2. The molecule has 3 rings (SSSR count). The van der Waals surface area contributed by atoms with Crippen molar-refractivity contribution in [3.8, 4) is 5.75 Å². The van der Waals surface area contributed by atoms with Crippen LogP contribution in [0.1, 0.15) is 21.5 Å². The zero-order valence-electron chi connectivity index (χ0n) is 17.3. The van der Waals surface area contributed by atoms with Gasteiger partial charge < -0.3 is 14.8 Å². The van der Waals surface area contributed by atoms with E-state index in [1.807, 2.05) is 0 Å². The fourth-order valence-corrected chi connectivity index (χ4v) is 2.66. The number of hydrogen-bond acceptors (Lipinski definition) is 6. The quantitative estimate of drug-likeness (QED) is 0.259. The van der Waals surface area contributed by atoms with E-state index in [0.29, 0.717) is 22.6 Å². The number of ether oxygens (including phenoxy) is 2. The predicted octanol–water partition coefficient (Wildman–Crippen LogP) is 3.14. The van der Waals surface area contributed by atoms with Gasteiger partial charge in [0.15, 0.2) is 0 Å². The van der Waals surface area contributed by atoms with Crippen molar-refractivity contribution in [2.75, 3.05) is 12.4 Å². The molecule has 8 nitrogen and oxygen atoms in total. The SMILES string of the molecule is COC(=O)c1ccc(COc2ccccc2/C=N/NC(=O)C(=O)Nc2ccccc2)cc1. The third-order valence-corrected chi connectivity index (χ3v) is 4.30. The molecule has 3 aromatic carbocycles. The Morgan fingerprint density at radius 2 is 1.56 bits per heavy atom. The molecule has 3 aromatic rings. The molecular weight excluding hydrogens is 410 g/mol. The number of methoxy groups -OCH3 is 1. The Kier molecular flexibility index (Phi) is 7.69. The number of anilines is 1. The van der Waals surface area contributed by atoms with Crippen LogP contribution in [-0.2, 0) is 20.9 Å². The van der Waals surface area contributed by atoms with E-state index in [-0.39, 0.29) is 6.61 Å². The maximum absolute atomic E-state index is 11.9. The summed E-state index contributed by atoms with van der Waals surface area (Å²) in [4.78, 5) is 35.4. The molecule has 0 aliphatic carbocycles. The molecule has 0 bridgehead atoms. The molecule has 162 valence electrons. The highest BCUT2D eigenvalue weighted by Gasteiger charge is 2.12. The van der Waals surface area contributed by atoms with Gasteiger partial charge in [-0.1, -0.05) is 42.5 Å². The number of nitrogens with one attached hydrogen (secondary N) is 2. The van der Waals surface area contributed by atoms with E-state index in [1.165, 1.54) is 13.3 Å². The molecule has 0 aromatic heterocycles. The van der Waals surface area contributed by atoms with Crippen LogP contribution >= 0.6 is 0 Å². The van der Waals surface area contributed by atoms with Gasteiger partial charge in [0.1, 0.15) is 12.4 Å². The number of nitrogens with zero attached hydrogens (tertiary/aromatic N) is 1. The van der Waals surface area contributed by atoms with Crippen LogP contribution in [0.2, 0.25) is 0 Å². The van der Waals surface area contributed by atoms with Gasteiger partial charge in [-0.3, -0.25) is 9.59 Å². The van der Waals surface area contributed by atoms with Crippen molar-refractivity contribution >= 4 is 29.7 Å². The molecule has 0 atom stereocenters. The molecule has 2 N–H and O–H groups in total. The predicted molar refractivity (Wildman–Crippen MR) is 119 cm³/mol. The Morgan fingerprint density at radius 3 is 2.28 bits per heavy atom. The minimum Gasteiger partial charge on any atom is -0.488 e. The lowest BCUT2D eigenvalue weighted by atomic mass is 10.1. The van der Waals surface area contributed by atoms with Crippen molar-refractivity contribution in [3.63, 3.8) is 0 Å². The zero-order valence-corrected chi connectivity index (χ0v) is 17.3. The van der Waals surface area contributed by atoms with Crippen LogP contribution < -0.4 is 15.5 Å². The molecule has 0 aliphatic heterocycles. The van der Waals surface area contributed by atoms with E-state index >= 15 is 0 Å². The summed E-state index contributed by atoms with van der Waals surface area (Å²) in [7, 11) is 1.33. The van der Waals surface area contributed by atoms with Crippen molar-refractivity contribution in [2.45, 2.75) is 6.61 Å². The summed E-state index contributed by atoms with van der Waals surface area (Å²) in [5.41, 5.74) is 4.63. The Hall–Kier alpha value is -4.46. The summed E-state index contributed by atoms with van der Waals surface area (Å²) >= 11 is 0. The first-order chi connectivity index (χ1) is 15.6. The van der Waals surface area contributed by atoms with Crippen molar-refractivity contribution in [3.05, 3.63) is 95.6 Å². The monoisotopic (exact) mass is 431 g/mol. The number of hydrazone groups is 1. The number of carbonyl (C=O) groups excluding carboxylic acids is 3. The number of hydrogen-bond donors (Lipinski definition) is 2. The number of amides is 2. The van der Waals surface area contributed by atoms with Crippen molar-refractivity contribution in [2.24, 2.45) is 5.10 Å². The minimum absolute atomic E-state index is 0.262. The van der Waals surface area contributed by atoms with E-state index in [4.69, 9.17) is 4.74 Å². The first-order valence-corrected chi connectivity index (χ1v) is 9.65. The molecule has 32 heavy (non-hydrogen) atoms. The fraction of sp³-hybridized carbons (Fsp3) is 0.0833. The molecule has 0 fully saturated rings. The maximum Gasteiger partial charge on any atom is 0.337 e. The van der Waals surface area contributed by atoms with Gasteiger partial charge in [-0.15, -0.1) is 0 Å². The average molecular weight is 431 g/mol. The first-order valence-electron chi connectivity index (χ1n) is 9.65. The minimum atomic E-state index is -0.894. The molecule has 0 heterocycles. The van der Waals surface area contributed by atoms with E-state index in [2.05, 4.69) is 20.6 Å². The van der Waals surface area contributed by atoms with Crippen LogP contribution in [0.15, 0.2) is 84.0 Å². The van der Waals surface area contributed by atoms with E-state index in [0.717, 1.165) is 5.56 Å². The molecule has 0 saturated heterocycles. The molecule has 0 radical (unpaired) electrons. The van der Waals surface area contributed by atoms with Crippen molar-refractivity contribution < 1.29 is 23.9 Å². The Balaban J connectivity index is 1.56. The zero-order chi connectivity index (χ0) is 22.8. The summed E-state index contributed by atoms with van der Waals surface area (Å²) in [6, 6.07) is 22.6. The summed E-state index contributed by atoms with van der Waals surface area (Å²) in [6.07, 6.45) is 1.39. The van der Waals surface area contributed by atoms with Gasteiger partial charge in [0, 0.05) is 11.3 Å². The van der Waals surface area contributed by atoms with Gasteiger partial charge >= 0.3 is 17.8 Å². The van der Waals surface area contributed by atoms with Gasteiger partial charge in [-0.2, -0.15) is 5.10 Å². The first kappa shape index (κ1) is 22.2. The van der Waals surface area contributed by atoms with Crippen LogP contribution in [0.3, 0.4) is 0 Å². The summed E-state index contributed by atoms with van der Waals surface area (Å²) in [5.74, 6) is -1.59. The third kappa shape index (κ3) is 6.27. The molecular formula is C24H21N3O5. The average Bonchev–Trinajstić information content (AvgIpc) is 2.83. The molecule has 0 spiro atoms. The van der Waals surface area contributed by atoms with E-state index < -0.39 is 17.8 Å². The lowest BCUT2D eigenvalue weighted by Crippen LogP contribution is -2.32. The van der Waals surface area contributed by atoms with Crippen molar-refractivity contribution in [1.82, 2.24) is 5.43 Å². The molecule has 2 amide bonds. The summed E-state index contributed by atoms with van der Waals surface area (Å²) < 4.78 is 10.5. The Labute approximate surface area is 184 Å². The normalized spacial score (nSPS) is 10.4. The van der Waals surface area contributed by atoms with E-state index in [1.54, 1.807) is 78.9 Å². The number of esters is 1. The molecule has 0 unspecified atom stereocenters. The second-order valence-electron chi connectivity index (χ2n) is 6.53. The largest absolute Gasteiger partial charge is 0.488 e. The van der Waals surface area contributed by atoms with Gasteiger partial charge in [0.05, 0.1) is 18.9 Å². The molecule has 0 saturated carbocycles. The highest BCUT2D eigenvalue weighted by Crippen LogP contribution is 2.18. The van der Waals surface area contributed by atoms with Gasteiger partial charge in [0.2, 0.25) is 0 Å². The smallest absolute Gasteiger partial charge is 0.337 e. The Morgan fingerprint density at radius 1 is 0.875 bits per heavy atom. The topological polar surface area (TPSA) is 106 Å². The second-order valence-corrected chi connectivity index (χ2v) is 6.53. The summed E-state index contributed by atoms with van der Waals surface area (Å²) in [6.45, 7) is 0.262. The molecule has 0 aliphatic rings. The highest BCUT2D eigenvalue weighted by atomic mass is 16.5. The van der Waals surface area contributed by atoms with Gasteiger partial charge in [-0.05, 0) is 42.0 Å². The maximum atomic E-state index is 11.9. The van der Waals surface area contributed by atoms with Crippen LogP contribution in [-0.4, -0.2) is 31.1 Å². The summed E-state index contributed by atoms with van der Waals surface area (Å²) in [5, 5.41) is 6.32. The van der Waals surface area contributed by atoms with Gasteiger partial charge in [-0.25, -0.2) is 10.2 Å². The Bertz CT molecular complexity index is 1110. The van der Waals surface area contributed by atoms with Gasteiger partial charge in [0.25, 0.3) is 0 Å². The lowest BCUT2D eigenvalue weighted by Gasteiger charge is -2.09. The standard InChI is InChI=1S/C24H21N3O5/c1-31-24(30)18-13-11-17(12-14-18)16-32-21-10-6-5-7-19(21)15-25-27-23(29)22(28)26-20-8-3-2-4-9-20/h2-15H,16H2,1H3,(H,26,28)(H,27,29)/b25-15+. The van der Waals surface area contributed by atoms with Crippen LogP contribution in [0.4, 0.5) is 5.69 Å². The third-order valence-electron chi connectivity index (χ3n) is 4.30. The van der Waals surface area contributed by atoms with Crippen LogP contribution in [0.5, 0.6) is 5.75 Å². The van der Waals surface area contributed by atoms with E-state index in [9.17, 15) is 14.4 Å². The number of carbonyl (C=O) groups is 3.